The summed E-state index contributed by atoms with van der Waals surface area (Å²) in [6.07, 6.45) is 4.49. The summed E-state index contributed by atoms with van der Waals surface area (Å²) in [5.74, 6) is 0. The van der Waals surface area contributed by atoms with Crippen LogP contribution in [0.4, 0.5) is 4.48 Å². The highest BCUT2D eigenvalue weighted by Crippen LogP contribution is 2.22. The first kappa shape index (κ1) is 17.3. The Morgan fingerprint density at radius 2 is 1.53 bits per heavy atom. The maximum absolute atomic E-state index is 12.8. The molecule has 94 valence electrons. The van der Waals surface area contributed by atoms with Crippen LogP contribution in [-0.2, 0) is 0 Å². The minimum atomic E-state index is 0.0914. The number of nitrogens with one attached hydrogen (secondary N) is 1. The highest BCUT2D eigenvalue weighted by molar-refractivity contribution is 4.83. The molecule has 1 aliphatic rings. The molecule has 0 heterocycles. The van der Waals surface area contributed by atoms with Crippen molar-refractivity contribution >= 4 is 0 Å². The van der Waals surface area contributed by atoms with Crippen LogP contribution < -0.4 is 5.32 Å². The van der Waals surface area contributed by atoms with Crippen LogP contribution in [0.3, 0.4) is 0 Å². The van der Waals surface area contributed by atoms with Gasteiger partial charge in [-0.1, -0.05) is 40.5 Å². The van der Waals surface area contributed by atoms with Gasteiger partial charge in [0, 0.05) is 13.1 Å². The lowest BCUT2D eigenvalue weighted by atomic mass is 9.90. The summed E-state index contributed by atoms with van der Waals surface area (Å²) in [5, 5.41) is 4.00. The highest BCUT2D eigenvalue weighted by atomic mass is 19.2. The molecule has 0 bridgehead atoms. The lowest BCUT2D eigenvalue weighted by Crippen LogP contribution is -2.46. The maximum atomic E-state index is 12.8. The van der Waals surface area contributed by atoms with E-state index in [1.807, 2.05) is 34.7 Å². The van der Waals surface area contributed by atoms with E-state index < -0.39 is 0 Å². The van der Waals surface area contributed by atoms with Crippen LogP contribution in [-0.4, -0.2) is 31.3 Å². The van der Waals surface area contributed by atoms with Gasteiger partial charge in [0.1, 0.15) is 0 Å². The van der Waals surface area contributed by atoms with Crippen molar-refractivity contribution in [3.63, 3.8) is 0 Å². The predicted molar refractivity (Wildman–Crippen MR) is 66.7 cm³/mol. The second-order valence-corrected chi connectivity index (χ2v) is 3.27. The molecule has 0 amide bonds. The van der Waals surface area contributed by atoms with Crippen molar-refractivity contribution in [3.8, 4) is 0 Å². The molecule has 2 nitrogen and oxygen atoms in total. The molecule has 1 fully saturated rings. The van der Waals surface area contributed by atoms with E-state index in [1.165, 1.54) is 13.5 Å². The van der Waals surface area contributed by atoms with Gasteiger partial charge >= 0.3 is 0 Å². The van der Waals surface area contributed by atoms with E-state index in [2.05, 4.69) is 5.32 Å². The third kappa shape index (κ3) is 6.85. The number of hydrogen-bond donors (Lipinski definition) is 1. The largest absolute Gasteiger partial charge is 0.315 e. The summed E-state index contributed by atoms with van der Waals surface area (Å²) in [7, 11) is 3.42. The standard InChI is InChI=1S/C8H17FN2.2C2H6/c1-10-7-5-3-4-6-8(7)11(2)9;2*1-2/h7-8,10H,3-6H2,1-2H3;2*1-2H3. The lowest BCUT2D eigenvalue weighted by Gasteiger charge is -2.33. The van der Waals surface area contributed by atoms with Crippen LogP contribution in [0, 0.1) is 0 Å². The maximum Gasteiger partial charge on any atom is 0.0552 e. The Morgan fingerprint density at radius 1 is 1.07 bits per heavy atom. The molecule has 0 aromatic rings. The molecule has 2 unspecified atom stereocenters. The van der Waals surface area contributed by atoms with Gasteiger partial charge in [-0.05, 0) is 19.9 Å². The van der Waals surface area contributed by atoms with Gasteiger partial charge in [0.25, 0.3) is 0 Å². The Bertz CT molecular complexity index is 118. The van der Waals surface area contributed by atoms with Crippen LogP contribution in [0.1, 0.15) is 53.4 Å². The Hall–Kier alpha value is -0.150. The van der Waals surface area contributed by atoms with Gasteiger partial charge < -0.3 is 5.32 Å². The van der Waals surface area contributed by atoms with Crippen LogP contribution >= 0.6 is 0 Å². The van der Waals surface area contributed by atoms with E-state index in [4.69, 9.17) is 0 Å². The molecule has 15 heavy (non-hydrogen) atoms. The topological polar surface area (TPSA) is 15.3 Å². The van der Waals surface area contributed by atoms with Crippen molar-refractivity contribution < 1.29 is 4.48 Å². The second kappa shape index (κ2) is 11.9. The fourth-order valence-corrected chi connectivity index (χ4v) is 1.87. The van der Waals surface area contributed by atoms with E-state index in [0.29, 0.717) is 6.04 Å². The first-order valence-electron chi connectivity index (χ1n) is 6.31. The molecule has 0 aromatic heterocycles. The normalized spacial score (nSPS) is 24.8. The van der Waals surface area contributed by atoms with E-state index >= 15 is 0 Å². The SMILES string of the molecule is CC.CC.CNC1CCCCC1N(C)F. The summed E-state index contributed by atoms with van der Waals surface area (Å²) in [6.45, 7) is 8.00. The Labute approximate surface area is 95.2 Å². The van der Waals surface area contributed by atoms with Gasteiger partial charge in [0.05, 0.1) is 6.04 Å². The second-order valence-electron chi connectivity index (χ2n) is 3.27. The zero-order valence-corrected chi connectivity index (χ0v) is 11.3. The molecule has 0 saturated heterocycles. The van der Waals surface area contributed by atoms with E-state index in [9.17, 15) is 4.48 Å². The van der Waals surface area contributed by atoms with Crippen molar-refractivity contribution in [2.45, 2.75) is 65.5 Å². The third-order valence-electron chi connectivity index (χ3n) is 2.56. The van der Waals surface area contributed by atoms with Crippen LogP contribution in [0.5, 0.6) is 0 Å². The summed E-state index contributed by atoms with van der Waals surface area (Å²) in [5.41, 5.74) is 0. The molecular weight excluding hydrogens is 191 g/mol. The fourth-order valence-electron chi connectivity index (χ4n) is 1.87. The van der Waals surface area contributed by atoms with Crippen LogP contribution in [0.2, 0.25) is 0 Å². The smallest absolute Gasteiger partial charge is 0.0552 e. The van der Waals surface area contributed by atoms with Gasteiger partial charge in [0.2, 0.25) is 0 Å². The van der Waals surface area contributed by atoms with Crippen molar-refractivity contribution in [1.29, 1.82) is 0 Å². The molecule has 0 spiro atoms. The number of hydrogen-bond acceptors (Lipinski definition) is 2. The molecule has 0 aromatic carbocycles. The third-order valence-corrected chi connectivity index (χ3v) is 2.56. The van der Waals surface area contributed by atoms with Crippen molar-refractivity contribution in [2.24, 2.45) is 0 Å². The predicted octanol–water partition coefficient (Wildman–Crippen LogP) is 3.39. The van der Waals surface area contributed by atoms with E-state index in [1.54, 1.807) is 0 Å². The molecule has 1 N–H and O–H groups in total. The zero-order valence-electron chi connectivity index (χ0n) is 11.3. The highest BCUT2D eigenvalue weighted by Gasteiger charge is 2.26. The molecule has 1 aliphatic carbocycles. The monoisotopic (exact) mass is 220 g/mol. The zero-order chi connectivity index (χ0) is 12.3. The fraction of sp³-hybridized carbons (Fsp3) is 1.00. The van der Waals surface area contributed by atoms with Crippen molar-refractivity contribution in [3.05, 3.63) is 0 Å². The molecule has 3 heteroatoms. The Balaban J connectivity index is 0. The van der Waals surface area contributed by atoms with Crippen LogP contribution in [0.15, 0.2) is 0 Å². The molecule has 2 atom stereocenters. The van der Waals surface area contributed by atoms with Gasteiger partial charge in [-0.25, -0.2) is 0 Å². The van der Waals surface area contributed by atoms with Gasteiger partial charge in [-0.2, -0.15) is 0 Å². The average Bonchev–Trinajstić information content (AvgIpc) is 2.34. The number of rotatable bonds is 2. The van der Waals surface area contributed by atoms with E-state index in [0.717, 1.165) is 24.4 Å². The van der Waals surface area contributed by atoms with E-state index in [-0.39, 0.29) is 6.04 Å². The summed E-state index contributed by atoms with van der Waals surface area (Å²) < 4.78 is 12.8. The minimum absolute atomic E-state index is 0.0914. The molecular formula is C12H29FN2. The number of halogens is 1. The molecule has 0 aliphatic heterocycles. The van der Waals surface area contributed by atoms with Crippen LogP contribution in [0.25, 0.3) is 0 Å². The van der Waals surface area contributed by atoms with Gasteiger partial charge in [0.15, 0.2) is 0 Å². The van der Waals surface area contributed by atoms with Gasteiger partial charge in [-0.15, -0.1) is 9.60 Å². The Kier molecular flexibility index (Phi) is 13.7. The first-order valence-corrected chi connectivity index (χ1v) is 6.31. The average molecular weight is 220 g/mol. The summed E-state index contributed by atoms with van der Waals surface area (Å²) >= 11 is 0. The summed E-state index contributed by atoms with van der Waals surface area (Å²) in [6, 6.07) is 0.437. The summed E-state index contributed by atoms with van der Waals surface area (Å²) in [4.78, 5) is 0. The van der Waals surface area contributed by atoms with Gasteiger partial charge in [-0.3, -0.25) is 0 Å². The lowest BCUT2D eigenvalue weighted by molar-refractivity contribution is -0.0205. The first-order chi connectivity index (χ1) is 7.25. The van der Waals surface area contributed by atoms with Crippen molar-refractivity contribution in [2.75, 3.05) is 14.1 Å². The number of likely N-dealkylation sites (N-methyl/N-ethyl adjacent to an activating group) is 2. The Morgan fingerprint density at radius 3 is 1.87 bits per heavy atom. The minimum Gasteiger partial charge on any atom is -0.315 e. The molecule has 1 rings (SSSR count). The molecule has 0 radical (unpaired) electrons. The van der Waals surface area contributed by atoms with Crippen molar-refractivity contribution in [1.82, 2.24) is 10.4 Å². The number of nitrogens with zero attached hydrogens (tertiary/aromatic N) is 1. The molecule has 1 saturated carbocycles. The quantitative estimate of drug-likeness (QED) is 0.718.